The van der Waals surface area contributed by atoms with Crippen molar-refractivity contribution in [2.45, 2.75) is 13.0 Å². The van der Waals surface area contributed by atoms with E-state index in [0.29, 0.717) is 11.3 Å². The lowest BCUT2D eigenvalue weighted by Crippen LogP contribution is -2.11. The van der Waals surface area contributed by atoms with Crippen molar-refractivity contribution < 1.29 is 14.2 Å². The van der Waals surface area contributed by atoms with Crippen LogP contribution in [0, 0.1) is 5.82 Å². The number of methoxy groups -OCH3 is 1. The maximum Gasteiger partial charge on any atom is 0.147 e. The molecule has 0 saturated heterocycles. The number of aliphatic hydroxyl groups is 1. The van der Waals surface area contributed by atoms with Gasteiger partial charge in [0.2, 0.25) is 0 Å². The van der Waals surface area contributed by atoms with Crippen LogP contribution in [0.2, 0.25) is 0 Å². The second kappa shape index (κ2) is 5.92. The number of rotatable bonds is 4. The Labute approximate surface area is 118 Å². The van der Waals surface area contributed by atoms with Gasteiger partial charge in [-0.15, -0.1) is 0 Å². The van der Waals surface area contributed by atoms with Crippen molar-refractivity contribution in [2.75, 3.05) is 19.1 Å². The van der Waals surface area contributed by atoms with E-state index in [0.717, 1.165) is 11.4 Å². The highest BCUT2D eigenvalue weighted by atomic mass is 19.1. The molecule has 2 rings (SSSR count). The molecule has 3 nitrogen and oxygen atoms in total. The molecule has 1 N–H and O–H groups in total. The zero-order chi connectivity index (χ0) is 14.7. The molecule has 0 fully saturated rings. The Morgan fingerprint density at radius 2 is 1.95 bits per heavy atom. The average molecular weight is 275 g/mol. The van der Waals surface area contributed by atoms with E-state index in [1.165, 1.54) is 6.07 Å². The Balaban J connectivity index is 2.35. The summed E-state index contributed by atoms with van der Waals surface area (Å²) < 4.78 is 19.3. The van der Waals surface area contributed by atoms with Crippen LogP contribution in [0.4, 0.5) is 15.8 Å². The lowest BCUT2D eigenvalue weighted by Gasteiger charge is -2.21. The summed E-state index contributed by atoms with van der Waals surface area (Å²) in [6.07, 6.45) is -0.680. The second-order valence-electron chi connectivity index (χ2n) is 4.65. The zero-order valence-electron chi connectivity index (χ0n) is 11.8. The van der Waals surface area contributed by atoms with Gasteiger partial charge in [-0.1, -0.05) is 12.1 Å². The van der Waals surface area contributed by atoms with Crippen LogP contribution < -0.4 is 9.64 Å². The van der Waals surface area contributed by atoms with Gasteiger partial charge in [0.25, 0.3) is 0 Å². The first-order valence-electron chi connectivity index (χ1n) is 6.38. The standard InChI is InChI=1S/C16H18FNO2/c1-11(19)12-7-8-16(15(17)9-12)18(2)13-5-4-6-14(10-13)20-3/h4-11,19H,1-3H3. The second-order valence-corrected chi connectivity index (χ2v) is 4.65. The van der Waals surface area contributed by atoms with Crippen molar-refractivity contribution in [1.82, 2.24) is 0 Å². The topological polar surface area (TPSA) is 32.7 Å². The van der Waals surface area contributed by atoms with Crippen LogP contribution in [0.1, 0.15) is 18.6 Å². The van der Waals surface area contributed by atoms with Crippen LogP contribution in [-0.2, 0) is 0 Å². The Bertz CT molecular complexity index is 599. The van der Waals surface area contributed by atoms with E-state index in [1.807, 2.05) is 24.3 Å². The maximum atomic E-state index is 14.1. The molecule has 2 aromatic carbocycles. The number of ether oxygens (including phenoxy) is 1. The summed E-state index contributed by atoms with van der Waals surface area (Å²) in [5.41, 5.74) is 1.83. The molecule has 0 heterocycles. The van der Waals surface area contributed by atoms with Gasteiger partial charge >= 0.3 is 0 Å². The smallest absolute Gasteiger partial charge is 0.147 e. The molecule has 0 saturated carbocycles. The van der Waals surface area contributed by atoms with Crippen molar-refractivity contribution in [3.63, 3.8) is 0 Å². The summed E-state index contributed by atoms with van der Waals surface area (Å²) in [5.74, 6) is 0.351. The van der Waals surface area contributed by atoms with Crippen molar-refractivity contribution in [1.29, 1.82) is 0 Å². The Kier molecular flexibility index (Phi) is 4.25. The summed E-state index contributed by atoms with van der Waals surface area (Å²) >= 11 is 0. The molecule has 2 aromatic rings. The normalized spacial score (nSPS) is 12.1. The molecule has 0 spiro atoms. The predicted octanol–water partition coefficient (Wildman–Crippen LogP) is 3.66. The summed E-state index contributed by atoms with van der Waals surface area (Å²) in [6, 6.07) is 12.1. The fourth-order valence-electron chi connectivity index (χ4n) is 2.01. The molecule has 0 aromatic heterocycles. The van der Waals surface area contributed by atoms with Gasteiger partial charge in [0.05, 0.1) is 18.9 Å². The van der Waals surface area contributed by atoms with Gasteiger partial charge in [-0.25, -0.2) is 4.39 Å². The lowest BCUT2D eigenvalue weighted by molar-refractivity contribution is 0.199. The van der Waals surface area contributed by atoms with E-state index in [-0.39, 0.29) is 5.82 Å². The van der Waals surface area contributed by atoms with E-state index in [4.69, 9.17) is 4.74 Å². The number of aliphatic hydroxyl groups excluding tert-OH is 1. The van der Waals surface area contributed by atoms with Gasteiger partial charge in [0.15, 0.2) is 0 Å². The van der Waals surface area contributed by atoms with Gasteiger partial charge in [-0.2, -0.15) is 0 Å². The first kappa shape index (κ1) is 14.3. The maximum absolute atomic E-state index is 14.1. The summed E-state index contributed by atoms with van der Waals surface area (Å²) in [4.78, 5) is 1.74. The van der Waals surface area contributed by atoms with E-state index >= 15 is 0 Å². The van der Waals surface area contributed by atoms with Crippen molar-refractivity contribution in [3.05, 3.63) is 53.8 Å². The molecule has 1 unspecified atom stereocenters. The lowest BCUT2D eigenvalue weighted by atomic mass is 10.1. The van der Waals surface area contributed by atoms with Crippen molar-refractivity contribution in [3.8, 4) is 5.75 Å². The van der Waals surface area contributed by atoms with Gasteiger partial charge in [-0.05, 0) is 36.8 Å². The first-order chi connectivity index (χ1) is 9.52. The van der Waals surface area contributed by atoms with Crippen molar-refractivity contribution >= 4 is 11.4 Å². The fraction of sp³-hybridized carbons (Fsp3) is 0.250. The summed E-state index contributed by atoms with van der Waals surface area (Å²) in [6.45, 7) is 1.61. The Morgan fingerprint density at radius 3 is 2.55 bits per heavy atom. The number of nitrogens with zero attached hydrogens (tertiary/aromatic N) is 1. The minimum Gasteiger partial charge on any atom is -0.497 e. The predicted molar refractivity (Wildman–Crippen MR) is 78.1 cm³/mol. The molecule has 0 bridgehead atoms. The largest absolute Gasteiger partial charge is 0.497 e. The molecule has 0 amide bonds. The highest BCUT2D eigenvalue weighted by Gasteiger charge is 2.12. The van der Waals surface area contributed by atoms with Gasteiger partial charge in [0, 0.05) is 18.8 Å². The molecule has 1 atom stereocenters. The molecule has 4 heteroatoms. The van der Waals surface area contributed by atoms with E-state index in [2.05, 4.69) is 0 Å². The molecule has 0 aliphatic heterocycles. The first-order valence-corrected chi connectivity index (χ1v) is 6.38. The van der Waals surface area contributed by atoms with E-state index in [9.17, 15) is 9.50 Å². The number of hydrogen-bond acceptors (Lipinski definition) is 3. The number of hydrogen-bond donors (Lipinski definition) is 1. The quantitative estimate of drug-likeness (QED) is 0.924. The van der Waals surface area contributed by atoms with Gasteiger partial charge in [-0.3, -0.25) is 0 Å². The van der Waals surface area contributed by atoms with Crippen LogP contribution in [0.3, 0.4) is 0 Å². The van der Waals surface area contributed by atoms with Crippen molar-refractivity contribution in [2.24, 2.45) is 0 Å². The number of anilines is 2. The third-order valence-electron chi connectivity index (χ3n) is 3.26. The minimum absolute atomic E-state index is 0.367. The minimum atomic E-state index is -0.680. The third-order valence-corrected chi connectivity index (χ3v) is 3.26. The van der Waals surface area contributed by atoms with Crippen LogP contribution in [0.15, 0.2) is 42.5 Å². The average Bonchev–Trinajstić information content (AvgIpc) is 2.46. The molecule has 0 aliphatic carbocycles. The molecular weight excluding hydrogens is 257 g/mol. The fourth-order valence-corrected chi connectivity index (χ4v) is 2.01. The molecule has 106 valence electrons. The van der Waals surface area contributed by atoms with E-state index < -0.39 is 6.10 Å². The zero-order valence-corrected chi connectivity index (χ0v) is 11.8. The van der Waals surface area contributed by atoms with Crippen LogP contribution in [0.25, 0.3) is 0 Å². The monoisotopic (exact) mass is 275 g/mol. The Hall–Kier alpha value is -2.07. The highest BCUT2D eigenvalue weighted by Crippen LogP contribution is 2.30. The third kappa shape index (κ3) is 2.91. The molecule has 0 radical (unpaired) electrons. The van der Waals surface area contributed by atoms with Crippen LogP contribution in [0.5, 0.6) is 5.75 Å². The summed E-state index contributed by atoms with van der Waals surface area (Å²) in [7, 11) is 3.38. The molecular formula is C16H18FNO2. The SMILES string of the molecule is COc1cccc(N(C)c2ccc(C(C)O)cc2F)c1. The number of benzene rings is 2. The van der Waals surface area contributed by atoms with Crippen LogP contribution >= 0.6 is 0 Å². The van der Waals surface area contributed by atoms with Gasteiger partial charge < -0.3 is 14.7 Å². The number of halogens is 1. The summed E-state index contributed by atoms with van der Waals surface area (Å²) in [5, 5.41) is 9.47. The Morgan fingerprint density at radius 1 is 1.20 bits per heavy atom. The highest BCUT2D eigenvalue weighted by molar-refractivity contribution is 5.64. The van der Waals surface area contributed by atoms with Gasteiger partial charge in [0.1, 0.15) is 11.6 Å². The van der Waals surface area contributed by atoms with E-state index in [1.54, 1.807) is 38.1 Å². The molecule has 20 heavy (non-hydrogen) atoms. The molecule has 0 aliphatic rings. The van der Waals surface area contributed by atoms with Crippen LogP contribution in [-0.4, -0.2) is 19.3 Å².